The Bertz CT molecular complexity index is 1900. The van der Waals surface area contributed by atoms with Crippen LogP contribution >= 0.6 is 31.9 Å². The van der Waals surface area contributed by atoms with Crippen LogP contribution in [0.4, 0.5) is 5.69 Å². The predicted molar refractivity (Wildman–Crippen MR) is 184 cm³/mol. The molecule has 0 unspecified atom stereocenters. The molecule has 2 aromatic heterocycles. The number of nitro benzene ring substituents is 1. The molecular weight excluding hydrogens is 736 g/mol. The number of non-ortho nitro benzene ring substituents is 1. The van der Waals surface area contributed by atoms with Crippen LogP contribution in [0.3, 0.4) is 0 Å². The van der Waals surface area contributed by atoms with E-state index in [0.717, 1.165) is 22.6 Å². The Kier molecular flexibility index (Phi) is 10.8. The van der Waals surface area contributed by atoms with Crippen LogP contribution < -0.4 is 19.6 Å². The van der Waals surface area contributed by atoms with E-state index < -0.39 is 10.8 Å². The summed E-state index contributed by atoms with van der Waals surface area (Å²) >= 11 is 7.09. The molecule has 0 saturated heterocycles. The number of amides is 1. The highest BCUT2D eigenvalue weighted by molar-refractivity contribution is 9.13. The van der Waals surface area contributed by atoms with Gasteiger partial charge in [0.25, 0.3) is 5.69 Å². The molecule has 0 aliphatic carbocycles. The van der Waals surface area contributed by atoms with Gasteiger partial charge in [-0.25, -0.2) is 5.43 Å². The number of ether oxygens (including phenoxy) is 3. The van der Waals surface area contributed by atoms with Gasteiger partial charge in [-0.15, -0.1) is 0 Å². The summed E-state index contributed by atoms with van der Waals surface area (Å²) < 4.78 is 26.7. The van der Waals surface area contributed by atoms with Crippen molar-refractivity contribution < 1.29 is 28.3 Å². The number of nitro groups is 1. The lowest BCUT2D eigenvalue weighted by atomic mass is 10.2. The summed E-state index contributed by atoms with van der Waals surface area (Å²) in [5.41, 5.74) is 7.17. The van der Waals surface area contributed by atoms with E-state index in [2.05, 4.69) is 72.9 Å². The molecule has 2 heterocycles. The van der Waals surface area contributed by atoms with Crippen molar-refractivity contribution in [2.24, 2.45) is 5.10 Å². The number of carbonyl (C=O) groups is 1. The summed E-state index contributed by atoms with van der Waals surface area (Å²) in [5, 5.41) is 15.0. The predicted octanol–water partition coefficient (Wildman–Crippen LogP) is 8.44. The van der Waals surface area contributed by atoms with E-state index in [0.29, 0.717) is 44.1 Å². The van der Waals surface area contributed by atoms with Crippen LogP contribution in [0.15, 0.2) is 97.3 Å². The number of aromatic nitrogens is 1. The first kappa shape index (κ1) is 33.5. The van der Waals surface area contributed by atoms with Gasteiger partial charge in [-0.05, 0) is 125 Å². The topological polar surface area (TPSA) is 130 Å². The van der Waals surface area contributed by atoms with Gasteiger partial charge in [-0.2, -0.15) is 5.10 Å². The Morgan fingerprint density at radius 1 is 0.936 bits per heavy atom. The Labute approximate surface area is 287 Å². The van der Waals surface area contributed by atoms with Crippen molar-refractivity contribution in [2.75, 3.05) is 6.61 Å². The number of benzene rings is 3. The Morgan fingerprint density at radius 2 is 1.64 bits per heavy atom. The van der Waals surface area contributed by atoms with Crippen LogP contribution in [0.1, 0.15) is 45.8 Å². The van der Waals surface area contributed by atoms with Gasteiger partial charge in [0, 0.05) is 39.2 Å². The van der Waals surface area contributed by atoms with Crippen LogP contribution in [-0.4, -0.2) is 28.2 Å². The number of hydrogen-bond acceptors (Lipinski definition) is 8. The van der Waals surface area contributed by atoms with Gasteiger partial charge in [0.2, 0.25) is 0 Å². The normalized spacial score (nSPS) is 11.1. The van der Waals surface area contributed by atoms with Crippen molar-refractivity contribution in [1.29, 1.82) is 0 Å². The van der Waals surface area contributed by atoms with Gasteiger partial charge in [-0.1, -0.05) is 0 Å². The molecule has 5 rings (SSSR count). The third-order valence-electron chi connectivity index (χ3n) is 6.99. The molecule has 0 bridgehead atoms. The number of rotatable bonds is 13. The summed E-state index contributed by atoms with van der Waals surface area (Å²) in [6.07, 6.45) is 1.46. The standard InChI is InChI=1S/C34H30Br2N4O7/c1-4-44-30-17-24(31(35)32(36)33(30)46-19-23-7-9-26(10-8-23)40(42)43)18-37-38-34(41)29-16-15-28(47-29)20-45-27-13-11-25(12-14-27)39-21(2)5-6-22(39)3/h5-18H,4,19-20H2,1-3H3,(H,38,41)/b37-18+. The van der Waals surface area contributed by atoms with Gasteiger partial charge < -0.3 is 23.2 Å². The SMILES string of the molecule is CCOc1cc(/C=N/NC(=O)c2ccc(COc3ccc(-n4c(C)ccc4C)cc3)o2)c(Br)c(Br)c1OCc1ccc([N+](=O)[O-])cc1. The molecule has 0 saturated carbocycles. The zero-order valence-electron chi connectivity index (χ0n) is 25.7. The number of hydrazone groups is 1. The van der Waals surface area contributed by atoms with Gasteiger partial charge >= 0.3 is 5.91 Å². The maximum absolute atomic E-state index is 12.7. The third-order valence-corrected chi connectivity index (χ3v) is 9.13. The van der Waals surface area contributed by atoms with E-state index >= 15 is 0 Å². The number of nitrogens with zero attached hydrogens (tertiary/aromatic N) is 3. The largest absolute Gasteiger partial charge is 0.490 e. The van der Waals surface area contributed by atoms with Crippen molar-refractivity contribution in [3.63, 3.8) is 0 Å². The lowest BCUT2D eigenvalue weighted by molar-refractivity contribution is -0.384. The lowest BCUT2D eigenvalue weighted by Gasteiger charge is -2.16. The van der Waals surface area contributed by atoms with Crippen LogP contribution in [0, 0.1) is 24.0 Å². The van der Waals surface area contributed by atoms with Gasteiger partial charge in [-0.3, -0.25) is 14.9 Å². The first-order chi connectivity index (χ1) is 22.6. The molecule has 0 atom stereocenters. The second-order valence-electron chi connectivity index (χ2n) is 10.3. The summed E-state index contributed by atoms with van der Waals surface area (Å²) in [5.74, 6) is 1.59. The number of furan rings is 1. The number of halogens is 2. The van der Waals surface area contributed by atoms with Crippen molar-refractivity contribution in [1.82, 2.24) is 9.99 Å². The Morgan fingerprint density at radius 3 is 2.30 bits per heavy atom. The fraction of sp³-hybridized carbons (Fsp3) is 0.176. The number of hydrogen-bond donors (Lipinski definition) is 1. The van der Waals surface area contributed by atoms with Gasteiger partial charge in [0.05, 0.1) is 22.2 Å². The molecule has 0 aliphatic heterocycles. The smallest absolute Gasteiger partial charge is 0.307 e. The molecule has 0 fully saturated rings. The molecule has 1 N–H and O–H groups in total. The molecule has 3 aromatic carbocycles. The molecular formula is C34H30Br2N4O7. The molecule has 13 heteroatoms. The lowest BCUT2D eigenvalue weighted by Crippen LogP contribution is -2.16. The summed E-state index contributed by atoms with van der Waals surface area (Å²) in [6, 6.07) is 23.0. The summed E-state index contributed by atoms with van der Waals surface area (Å²) in [4.78, 5) is 23.2. The first-order valence-electron chi connectivity index (χ1n) is 14.5. The van der Waals surface area contributed by atoms with E-state index in [1.165, 1.54) is 18.3 Å². The molecule has 5 aromatic rings. The van der Waals surface area contributed by atoms with Crippen molar-refractivity contribution in [2.45, 2.75) is 34.0 Å². The zero-order chi connectivity index (χ0) is 33.5. The average Bonchev–Trinajstić information content (AvgIpc) is 3.68. The zero-order valence-corrected chi connectivity index (χ0v) is 28.8. The summed E-state index contributed by atoms with van der Waals surface area (Å²) in [7, 11) is 0. The average molecular weight is 766 g/mol. The third kappa shape index (κ3) is 8.10. The first-order valence-corrected chi connectivity index (χ1v) is 16.0. The maximum atomic E-state index is 12.7. The number of nitrogens with one attached hydrogen (secondary N) is 1. The number of aryl methyl sites for hydroxylation is 2. The molecule has 0 radical (unpaired) electrons. The second kappa shape index (κ2) is 15.1. The molecule has 0 spiro atoms. The van der Waals surface area contributed by atoms with Gasteiger partial charge in [0.1, 0.15) is 24.7 Å². The van der Waals surface area contributed by atoms with Crippen molar-refractivity contribution >= 4 is 49.7 Å². The highest BCUT2D eigenvalue weighted by atomic mass is 79.9. The molecule has 47 heavy (non-hydrogen) atoms. The maximum Gasteiger partial charge on any atom is 0.307 e. The minimum Gasteiger partial charge on any atom is -0.490 e. The second-order valence-corrected chi connectivity index (χ2v) is 11.9. The molecule has 11 nitrogen and oxygen atoms in total. The van der Waals surface area contributed by atoms with E-state index in [-0.39, 0.29) is 24.7 Å². The quantitative estimate of drug-likeness (QED) is 0.0723. The van der Waals surface area contributed by atoms with Crippen molar-refractivity contribution in [3.05, 3.63) is 132 Å². The van der Waals surface area contributed by atoms with Crippen LogP contribution in [-0.2, 0) is 13.2 Å². The fourth-order valence-electron chi connectivity index (χ4n) is 4.68. The highest BCUT2D eigenvalue weighted by Crippen LogP contribution is 2.43. The molecule has 242 valence electrons. The van der Waals surface area contributed by atoms with Crippen LogP contribution in [0.5, 0.6) is 17.2 Å². The van der Waals surface area contributed by atoms with E-state index in [9.17, 15) is 14.9 Å². The fourth-order valence-corrected chi connectivity index (χ4v) is 5.62. The Balaban J connectivity index is 1.18. The van der Waals surface area contributed by atoms with Gasteiger partial charge in [0.15, 0.2) is 17.3 Å². The number of carbonyl (C=O) groups excluding carboxylic acids is 1. The van der Waals surface area contributed by atoms with Crippen LogP contribution in [0.25, 0.3) is 5.69 Å². The highest BCUT2D eigenvalue weighted by Gasteiger charge is 2.18. The summed E-state index contributed by atoms with van der Waals surface area (Å²) in [6.45, 7) is 6.64. The van der Waals surface area contributed by atoms with Crippen LogP contribution in [0.2, 0.25) is 0 Å². The van der Waals surface area contributed by atoms with E-state index in [1.54, 1.807) is 30.3 Å². The minimum atomic E-state index is -0.530. The monoisotopic (exact) mass is 764 g/mol. The minimum absolute atomic E-state index is 0.000833. The Hall–Kier alpha value is -4.88. The molecule has 1 amide bonds. The van der Waals surface area contributed by atoms with Crippen molar-refractivity contribution in [3.8, 4) is 22.9 Å². The molecule has 0 aliphatic rings. The van der Waals surface area contributed by atoms with E-state index in [1.807, 2.05) is 31.2 Å². The van der Waals surface area contributed by atoms with E-state index in [4.69, 9.17) is 18.6 Å².